The normalized spacial score (nSPS) is 10.4. The molecule has 0 unspecified atom stereocenters. The van der Waals surface area contributed by atoms with Gasteiger partial charge in [-0.1, -0.05) is 37.7 Å². The van der Waals surface area contributed by atoms with Gasteiger partial charge in [-0.2, -0.15) is 0 Å². The van der Waals surface area contributed by atoms with Crippen LogP contribution in [0, 0.1) is 5.92 Å². The lowest BCUT2D eigenvalue weighted by Crippen LogP contribution is -2.37. The van der Waals surface area contributed by atoms with Gasteiger partial charge in [0.25, 0.3) is 0 Å². The predicted molar refractivity (Wildman–Crippen MR) is 88.5 cm³/mol. The van der Waals surface area contributed by atoms with Gasteiger partial charge in [0.1, 0.15) is 4.99 Å². The second-order valence-electron chi connectivity index (χ2n) is 5.08. The van der Waals surface area contributed by atoms with E-state index < -0.39 is 0 Å². The molecule has 6 heteroatoms. The van der Waals surface area contributed by atoms with Gasteiger partial charge in [0, 0.05) is 29.9 Å². The van der Waals surface area contributed by atoms with E-state index in [1.165, 1.54) is 0 Å². The van der Waals surface area contributed by atoms with E-state index in [9.17, 15) is 4.79 Å². The van der Waals surface area contributed by atoms with Crippen LogP contribution in [0.4, 0.5) is 5.69 Å². The summed E-state index contributed by atoms with van der Waals surface area (Å²) in [5.41, 5.74) is 7.16. The lowest BCUT2D eigenvalue weighted by atomic mass is 10.1. The average molecular weight is 314 g/mol. The third-order valence-electron chi connectivity index (χ3n) is 2.72. The first-order valence-electron chi connectivity index (χ1n) is 6.38. The Balaban J connectivity index is 2.81. The molecule has 0 aliphatic carbocycles. The number of hydrogen-bond donors (Lipinski definition) is 2. The van der Waals surface area contributed by atoms with Crippen LogP contribution in [0.1, 0.15) is 19.4 Å². The van der Waals surface area contributed by atoms with Crippen molar-refractivity contribution in [2.45, 2.75) is 13.8 Å². The number of benzene rings is 1. The molecule has 3 N–H and O–H groups in total. The molecule has 0 aliphatic heterocycles. The van der Waals surface area contributed by atoms with E-state index in [-0.39, 0.29) is 17.4 Å². The molecule has 0 fully saturated rings. The molecule has 0 saturated carbocycles. The van der Waals surface area contributed by atoms with Crippen LogP contribution in [-0.4, -0.2) is 31.0 Å². The second-order valence-corrected chi connectivity index (χ2v) is 5.96. The molecule has 0 aliphatic rings. The van der Waals surface area contributed by atoms with Crippen LogP contribution < -0.4 is 16.0 Å². The second kappa shape index (κ2) is 7.45. The summed E-state index contributed by atoms with van der Waals surface area (Å²) in [6.07, 6.45) is 0. The minimum atomic E-state index is -0.0462. The van der Waals surface area contributed by atoms with E-state index in [1.807, 2.05) is 20.9 Å². The summed E-state index contributed by atoms with van der Waals surface area (Å²) in [4.78, 5) is 13.9. The van der Waals surface area contributed by atoms with Crippen molar-refractivity contribution in [1.82, 2.24) is 5.32 Å². The van der Waals surface area contributed by atoms with Gasteiger partial charge in [0.05, 0.1) is 6.54 Å². The first kappa shape index (κ1) is 16.7. The molecule has 1 amide bonds. The number of nitrogens with zero attached hydrogens (tertiary/aromatic N) is 1. The first-order chi connectivity index (χ1) is 9.31. The van der Waals surface area contributed by atoms with E-state index in [1.54, 1.807) is 23.1 Å². The molecule has 1 aromatic carbocycles. The van der Waals surface area contributed by atoms with Crippen LogP contribution >= 0.6 is 23.8 Å². The minimum Gasteiger partial charge on any atom is -0.389 e. The zero-order valence-electron chi connectivity index (χ0n) is 11.9. The van der Waals surface area contributed by atoms with Gasteiger partial charge in [0.2, 0.25) is 5.91 Å². The molecular formula is C14H20ClN3OS. The molecule has 0 aromatic heterocycles. The fourth-order valence-electron chi connectivity index (χ4n) is 1.70. The van der Waals surface area contributed by atoms with Crippen molar-refractivity contribution >= 4 is 40.4 Å². The number of anilines is 1. The van der Waals surface area contributed by atoms with Crippen molar-refractivity contribution in [2.75, 3.05) is 25.0 Å². The number of hydrogen-bond acceptors (Lipinski definition) is 3. The number of amides is 1. The van der Waals surface area contributed by atoms with Crippen molar-refractivity contribution in [1.29, 1.82) is 0 Å². The Morgan fingerprint density at radius 2 is 2.15 bits per heavy atom. The number of carbonyl (C=O) groups is 1. The SMILES string of the molecule is CC(C)CNC(=O)CN(C)c1cc(Cl)ccc1C(N)=S. The molecule has 0 heterocycles. The average Bonchev–Trinajstić information content (AvgIpc) is 2.35. The van der Waals surface area contributed by atoms with Gasteiger partial charge < -0.3 is 16.0 Å². The van der Waals surface area contributed by atoms with Crippen LogP contribution in [0.2, 0.25) is 5.02 Å². The fourth-order valence-corrected chi connectivity index (χ4v) is 2.04. The highest BCUT2D eigenvalue weighted by atomic mass is 35.5. The smallest absolute Gasteiger partial charge is 0.239 e. The number of rotatable bonds is 6. The third-order valence-corrected chi connectivity index (χ3v) is 3.18. The Bertz CT molecular complexity index is 505. The Hall–Kier alpha value is -1.33. The Morgan fingerprint density at radius 3 is 2.70 bits per heavy atom. The van der Waals surface area contributed by atoms with Crippen LogP contribution in [0.15, 0.2) is 18.2 Å². The summed E-state index contributed by atoms with van der Waals surface area (Å²) in [6.45, 7) is 4.98. The summed E-state index contributed by atoms with van der Waals surface area (Å²) in [5, 5.41) is 3.45. The Morgan fingerprint density at radius 1 is 1.50 bits per heavy atom. The predicted octanol–water partition coefficient (Wildman–Crippen LogP) is 2.18. The van der Waals surface area contributed by atoms with Gasteiger partial charge in [-0.05, 0) is 24.1 Å². The van der Waals surface area contributed by atoms with Crippen LogP contribution in [0.5, 0.6) is 0 Å². The lowest BCUT2D eigenvalue weighted by molar-refractivity contribution is -0.119. The number of carbonyl (C=O) groups excluding carboxylic acids is 1. The maximum atomic E-state index is 11.8. The van der Waals surface area contributed by atoms with Gasteiger partial charge in [-0.25, -0.2) is 0 Å². The van der Waals surface area contributed by atoms with Crippen molar-refractivity contribution in [3.63, 3.8) is 0 Å². The van der Waals surface area contributed by atoms with Crippen molar-refractivity contribution in [3.05, 3.63) is 28.8 Å². The lowest BCUT2D eigenvalue weighted by Gasteiger charge is -2.22. The van der Waals surface area contributed by atoms with E-state index in [0.717, 1.165) is 5.69 Å². The quantitative estimate of drug-likeness (QED) is 0.790. The zero-order valence-corrected chi connectivity index (χ0v) is 13.5. The van der Waals surface area contributed by atoms with E-state index in [4.69, 9.17) is 29.6 Å². The highest BCUT2D eigenvalue weighted by molar-refractivity contribution is 7.80. The molecule has 20 heavy (non-hydrogen) atoms. The minimum absolute atomic E-state index is 0.0462. The first-order valence-corrected chi connectivity index (χ1v) is 7.17. The number of nitrogens with one attached hydrogen (secondary N) is 1. The van der Waals surface area contributed by atoms with Crippen LogP contribution in [0.3, 0.4) is 0 Å². The molecule has 0 spiro atoms. The number of nitrogens with two attached hydrogens (primary N) is 1. The topological polar surface area (TPSA) is 58.4 Å². The molecule has 110 valence electrons. The van der Waals surface area contributed by atoms with Crippen molar-refractivity contribution < 1.29 is 4.79 Å². The monoisotopic (exact) mass is 313 g/mol. The zero-order chi connectivity index (χ0) is 15.3. The maximum absolute atomic E-state index is 11.8. The van der Waals surface area contributed by atoms with Gasteiger partial charge in [-0.3, -0.25) is 4.79 Å². The molecule has 1 aromatic rings. The molecule has 4 nitrogen and oxygen atoms in total. The van der Waals surface area contributed by atoms with Gasteiger partial charge in [-0.15, -0.1) is 0 Å². The largest absolute Gasteiger partial charge is 0.389 e. The number of halogens is 1. The third kappa shape index (κ3) is 4.98. The van der Waals surface area contributed by atoms with Gasteiger partial charge in [0.15, 0.2) is 0 Å². The summed E-state index contributed by atoms with van der Waals surface area (Å²) in [5.74, 6) is 0.373. The summed E-state index contributed by atoms with van der Waals surface area (Å²) >= 11 is 11.0. The summed E-state index contributed by atoms with van der Waals surface area (Å²) < 4.78 is 0. The summed E-state index contributed by atoms with van der Waals surface area (Å²) in [6, 6.07) is 5.25. The van der Waals surface area contributed by atoms with Crippen LogP contribution in [-0.2, 0) is 4.79 Å². The van der Waals surface area contributed by atoms with E-state index >= 15 is 0 Å². The molecular weight excluding hydrogens is 294 g/mol. The number of thiocarbonyl (C=S) groups is 1. The Labute approximate surface area is 130 Å². The standard InChI is InChI=1S/C14H20ClN3OS/c1-9(2)7-17-13(19)8-18(3)12-6-10(15)4-5-11(12)14(16)20/h4-6,9H,7-8H2,1-3H3,(H2,16,20)(H,17,19). The number of likely N-dealkylation sites (N-methyl/N-ethyl adjacent to an activating group) is 1. The van der Waals surface area contributed by atoms with Crippen molar-refractivity contribution in [3.8, 4) is 0 Å². The molecule has 0 bridgehead atoms. The van der Waals surface area contributed by atoms with Crippen LogP contribution in [0.25, 0.3) is 0 Å². The molecule has 0 saturated heterocycles. The summed E-state index contributed by atoms with van der Waals surface area (Å²) in [7, 11) is 1.81. The molecule has 1 rings (SSSR count). The Kier molecular flexibility index (Phi) is 6.23. The van der Waals surface area contributed by atoms with Gasteiger partial charge >= 0.3 is 0 Å². The highest BCUT2D eigenvalue weighted by Crippen LogP contribution is 2.24. The molecule has 0 atom stereocenters. The maximum Gasteiger partial charge on any atom is 0.239 e. The van der Waals surface area contributed by atoms with Crippen molar-refractivity contribution in [2.24, 2.45) is 11.7 Å². The van der Waals surface area contributed by atoms with E-state index in [2.05, 4.69) is 5.32 Å². The molecule has 0 radical (unpaired) electrons. The highest BCUT2D eigenvalue weighted by Gasteiger charge is 2.13. The fraction of sp³-hybridized carbons (Fsp3) is 0.429. The van der Waals surface area contributed by atoms with E-state index in [0.29, 0.717) is 23.0 Å².